The lowest BCUT2D eigenvalue weighted by Crippen LogP contribution is -2.42. The van der Waals surface area contributed by atoms with E-state index >= 15 is 0 Å². The maximum atomic E-state index is 12.7. The molecule has 0 bridgehead atoms. The first-order valence-electron chi connectivity index (χ1n) is 4.73. The van der Waals surface area contributed by atoms with Crippen LogP contribution in [0.3, 0.4) is 0 Å². The van der Waals surface area contributed by atoms with E-state index in [1.54, 1.807) is 0 Å². The van der Waals surface area contributed by atoms with Crippen LogP contribution < -0.4 is 0 Å². The maximum absolute atomic E-state index is 12.7. The molecule has 4 nitrogen and oxygen atoms in total. The van der Waals surface area contributed by atoms with Gasteiger partial charge in [-0.1, -0.05) is 6.08 Å². The predicted octanol–water partition coefficient (Wildman–Crippen LogP) is 1.76. The summed E-state index contributed by atoms with van der Waals surface area (Å²) < 4.78 is 25.3. The fourth-order valence-corrected chi connectivity index (χ4v) is 1.91. The highest BCUT2D eigenvalue weighted by molar-refractivity contribution is 5.89. The van der Waals surface area contributed by atoms with Crippen molar-refractivity contribution >= 4 is 11.9 Å². The molecular formula is C10H12F2O4. The van der Waals surface area contributed by atoms with E-state index in [2.05, 4.69) is 0 Å². The molecule has 0 spiro atoms. The number of alkyl halides is 2. The number of aliphatic carboxylic acids is 2. The normalized spacial score (nSPS) is 30.0. The second kappa shape index (κ2) is 4.19. The average Bonchev–Trinajstić information content (AvgIpc) is 2.16. The quantitative estimate of drug-likeness (QED) is 0.780. The summed E-state index contributed by atoms with van der Waals surface area (Å²) in [6.45, 7) is 1.17. The molecule has 0 aromatic heterocycles. The number of carboxylic acids is 2. The molecule has 0 amide bonds. The van der Waals surface area contributed by atoms with E-state index in [1.807, 2.05) is 0 Å². The zero-order valence-electron chi connectivity index (χ0n) is 8.61. The summed E-state index contributed by atoms with van der Waals surface area (Å²) in [5, 5.41) is 17.7. The van der Waals surface area contributed by atoms with Crippen LogP contribution in [0.5, 0.6) is 0 Å². The molecule has 0 radical (unpaired) electrons. The van der Waals surface area contributed by atoms with Gasteiger partial charge in [0.1, 0.15) is 0 Å². The summed E-state index contributed by atoms with van der Waals surface area (Å²) in [6, 6.07) is 0. The number of hydrogen-bond acceptors (Lipinski definition) is 2. The average molecular weight is 234 g/mol. The topological polar surface area (TPSA) is 74.6 Å². The van der Waals surface area contributed by atoms with Crippen molar-refractivity contribution in [3.05, 3.63) is 11.6 Å². The summed E-state index contributed by atoms with van der Waals surface area (Å²) in [6.07, 6.45) is -2.17. The molecule has 0 heterocycles. The van der Waals surface area contributed by atoms with Crippen LogP contribution in [0.25, 0.3) is 0 Å². The first kappa shape index (κ1) is 12.6. The molecule has 90 valence electrons. The lowest BCUT2D eigenvalue weighted by Gasteiger charge is -2.36. The highest BCUT2D eigenvalue weighted by Crippen LogP contribution is 2.44. The van der Waals surface area contributed by atoms with Gasteiger partial charge in [-0.3, -0.25) is 4.79 Å². The third-order valence-corrected chi connectivity index (χ3v) is 3.06. The number of rotatable bonds is 3. The van der Waals surface area contributed by atoms with E-state index in [-0.39, 0.29) is 18.4 Å². The first-order chi connectivity index (χ1) is 7.29. The van der Waals surface area contributed by atoms with Gasteiger partial charge in [0.15, 0.2) is 0 Å². The summed E-state index contributed by atoms with van der Waals surface area (Å²) in [4.78, 5) is 21.7. The lowest BCUT2D eigenvalue weighted by molar-refractivity contribution is -0.157. The predicted molar refractivity (Wildman–Crippen MR) is 50.2 cm³/mol. The van der Waals surface area contributed by atoms with Crippen molar-refractivity contribution < 1.29 is 28.6 Å². The number of allylic oxidation sites excluding steroid dienone is 1. The van der Waals surface area contributed by atoms with Crippen LogP contribution in [0.1, 0.15) is 19.8 Å². The molecule has 6 heteroatoms. The van der Waals surface area contributed by atoms with Gasteiger partial charge in [-0.25, -0.2) is 13.6 Å². The molecule has 0 saturated heterocycles. The molecule has 1 aliphatic rings. The van der Waals surface area contributed by atoms with E-state index in [0.717, 1.165) is 0 Å². The number of halogens is 2. The van der Waals surface area contributed by atoms with E-state index in [4.69, 9.17) is 10.2 Å². The van der Waals surface area contributed by atoms with Gasteiger partial charge in [-0.05, 0) is 19.8 Å². The van der Waals surface area contributed by atoms with Crippen molar-refractivity contribution in [1.29, 1.82) is 0 Å². The van der Waals surface area contributed by atoms with Crippen LogP contribution in [0.15, 0.2) is 11.6 Å². The van der Waals surface area contributed by atoms with E-state index < -0.39 is 29.7 Å². The molecule has 0 fully saturated rings. The van der Waals surface area contributed by atoms with Crippen LogP contribution in [0.4, 0.5) is 8.78 Å². The third kappa shape index (κ3) is 2.05. The van der Waals surface area contributed by atoms with Gasteiger partial charge >= 0.3 is 11.9 Å². The Morgan fingerprint density at radius 2 is 2.06 bits per heavy atom. The molecule has 2 N–H and O–H groups in total. The summed E-state index contributed by atoms with van der Waals surface area (Å²) in [5.74, 6) is -3.97. The molecule has 1 rings (SSSR count). The Morgan fingerprint density at radius 1 is 1.50 bits per heavy atom. The lowest BCUT2D eigenvalue weighted by atomic mass is 9.68. The summed E-state index contributed by atoms with van der Waals surface area (Å²) in [7, 11) is 0. The van der Waals surface area contributed by atoms with Crippen molar-refractivity contribution in [3.63, 3.8) is 0 Å². The zero-order chi connectivity index (χ0) is 12.5. The van der Waals surface area contributed by atoms with Crippen molar-refractivity contribution in [3.8, 4) is 0 Å². The summed E-state index contributed by atoms with van der Waals surface area (Å²) in [5.41, 5.74) is -1.82. The molecule has 0 saturated carbocycles. The molecule has 0 aromatic rings. The van der Waals surface area contributed by atoms with Gasteiger partial charge in [0.25, 0.3) is 0 Å². The maximum Gasteiger partial charge on any atom is 0.331 e. The van der Waals surface area contributed by atoms with Crippen molar-refractivity contribution in [2.24, 2.45) is 11.3 Å². The van der Waals surface area contributed by atoms with E-state index in [9.17, 15) is 18.4 Å². The zero-order valence-corrected chi connectivity index (χ0v) is 8.61. The van der Waals surface area contributed by atoms with Gasteiger partial charge in [0, 0.05) is 11.5 Å². The van der Waals surface area contributed by atoms with Crippen LogP contribution in [0, 0.1) is 11.3 Å². The van der Waals surface area contributed by atoms with Gasteiger partial charge in [0.05, 0.1) is 5.41 Å². The Hall–Kier alpha value is -1.46. The Bertz CT molecular complexity index is 351. The minimum absolute atomic E-state index is 0.109. The minimum atomic E-state index is -2.77. The molecule has 1 aliphatic carbocycles. The highest BCUT2D eigenvalue weighted by Gasteiger charge is 2.48. The molecule has 2 atom stereocenters. The standard InChI is InChI=1S/C10H12F2O4/c1-10(9(15)16)4-5(8(13)14)2-3-6(10)7(11)12/h2,6-7H,3-4H2,1H3,(H,13,14)(H,15,16). The number of carboxylic acid groups (broad SMARTS) is 2. The highest BCUT2D eigenvalue weighted by atomic mass is 19.3. The number of carbonyl (C=O) groups is 2. The summed E-state index contributed by atoms with van der Waals surface area (Å²) >= 11 is 0. The van der Waals surface area contributed by atoms with Crippen LogP contribution in [-0.4, -0.2) is 28.6 Å². The second-order valence-corrected chi connectivity index (χ2v) is 4.11. The fraction of sp³-hybridized carbons (Fsp3) is 0.600. The minimum Gasteiger partial charge on any atom is -0.481 e. The SMILES string of the molecule is CC1(C(=O)O)CC(C(=O)O)=CCC1C(F)F. The Balaban J connectivity index is 3.07. The largest absolute Gasteiger partial charge is 0.481 e. The van der Waals surface area contributed by atoms with E-state index in [0.29, 0.717) is 0 Å². The van der Waals surface area contributed by atoms with E-state index in [1.165, 1.54) is 13.0 Å². The van der Waals surface area contributed by atoms with Gasteiger partial charge in [0.2, 0.25) is 6.43 Å². The second-order valence-electron chi connectivity index (χ2n) is 4.11. The Kier molecular flexibility index (Phi) is 3.30. The van der Waals surface area contributed by atoms with Crippen molar-refractivity contribution in [1.82, 2.24) is 0 Å². The molecule has 16 heavy (non-hydrogen) atoms. The van der Waals surface area contributed by atoms with Crippen LogP contribution >= 0.6 is 0 Å². The Labute approximate surface area is 90.6 Å². The van der Waals surface area contributed by atoms with Crippen molar-refractivity contribution in [2.45, 2.75) is 26.2 Å². The van der Waals surface area contributed by atoms with Crippen molar-refractivity contribution in [2.75, 3.05) is 0 Å². The molecular weight excluding hydrogens is 222 g/mol. The molecule has 2 unspecified atom stereocenters. The molecule has 0 aromatic carbocycles. The fourth-order valence-electron chi connectivity index (χ4n) is 1.91. The Morgan fingerprint density at radius 3 is 2.44 bits per heavy atom. The van der Waals surface area contributed by atoms with Gasteiger partial charge in [-0.2, -0.15) is 0 Å². The smallest absolute Gasteiger partial charge is 0.331 e. The van der Waals surface area contributed by atoms with Gasteiger partial charge < -0.3 is 10.2 Å². The monoisotopic (exact) mass is 234 g/mol. The first-order valence-corrected chi connectivity index (χ1v) is 4.73. The van der Waals surface area contributed by atoms with Crippen LogP contribution in [0.2, 0.25) is 0 Å². The third-order valence-electron chi connectivity index (χ3n) is 3.06. The van der Waals surface area contributed by atoms with Gasteiger partial charge in [-0.15, -0.1) is 0 Å². The van der Waals surface area contributed by atoms with Crippen LogP contribution in [-0.2, 0) is 9.59 Å². The number of hydrogen-bond donors (Lipinski definition) is 2. The molecule has 0 aliphatic heterocycles.